The van der Waals surface area contributed by atoms with E-state index in [1.165, 1.54) is 11.8 Å². The summed E-state index contributed by atoms with van der Waals surface area (Å²) in [6.07, 6.45) is 0. The van der Waals surface area contributed by atoms with E-state index in [9.17, 15) is 4.79 Å². The number of nitrogens with two attached hydrogens (primary N) is 1. The quantitative estimate of drug-likeness (QED) is 0.820. The van der Waals surface area contributed by atoms with Crippen molar-refractivity contribution in [3.8, 4) is 0 Å². The van der Waals surface area contributed by atoms with Gasteiger partial charge >= 0.3 is 5.97 Å². The van der Waals surface area contributed by atoms with Crippen molar-refractivity contribution in [3.05, 3.63) is 34.3 Å². The van der Waals surface area contributed by atoms with Crippen molar-refractivity contribution in [1.29, 1.82) is 0 Å². The number of halogens is 1. The third kappa shape index (κ3) is 5.10. The Morgan fingerprint density at radius 2 is 2.12 bits per heavy atom. The molecule has 0 saturated carbocycles. The maximum atomic E-state index is 11.3. The third-order valence-corrected chi connectivity index (χ3v) is 3.96. The van der Waals surface area contributed by atoms with Gasteiger partial charge in [0.1, 0.15) is 0 Å². The van der Waals surface area contributed by atoms with Crippen LogP contribution in [0.4, 0.5) is 0 Å². The van der Waals surface area contributed by atoms with E-state index >= 15 is 0 Å². The lowest BCUT2D eigenvalue weighted by molar-refractivity contribution is -0.139. The van der Waals surface area contributed by atoms with Crippen LogP contribution in [0.3, 0.4) is 0 Å². The highest BCUT2D eigenvalue weighted by Crippen LogP contribution is 2.28. The second-order valence-corrected chi connectivity index (χ2v) is 5.50. The van der Waals surface area contributed by atoms with Gasteiger partial charge in [-0.25, -0.2) is 0 Å². The molecule has 0 aliphatic heterocycles. The fourth-order valence-corrected chi connectivity index (χ4v) is 2.52. The van der Waals surface area contributed by atoms with Crippen LogP contribution in [0, 0.1) is 0 Å². The average molecular weight is 318 g/mol. The highest BCUT2D eigenvalue weighted by molar-refractivity contribution is 9.10. The largest absolute Gasteiger partial charge is 0.465 e. The zero-order chi connectivity index (χ0) is 12.7. The standard InChI is InChI=1S/C12H16BrNO2S/c1-2-16-12(15)8-17-11(7-14)9-3-5-10(13)6-4-9/h3-6,11H,2,7-8,14H2,1H3. The van der Waals surface area contributed by atoms with Gasteiger partial charge in [0.15, 0.2) is 0 Å². The molecule has 0 spiro atoms. The first-order chi connectivity index (χ1) is 8.17. The van der Waals surface area contributed by atoms with E-state index in [-0.39, 0.29) is 11.2 Å². The molecule has 0 saturated heterocycles. The lowest BCUT2D eigenvalue weighted by atomic mass is 10.1. The van der Waals surface area contributed by atoms with E-state index in [0.717, 1.165) is 10.0 Å². The van der Waals surface area contributed by atoms with Gasteiger partial charge in [0, 0.05) is 16.3 Å². The van der Waals surface area contributed by atoms with Gasteiger partial charge in [-0.15, -0.1) is 11.8 Å². The first kappa shape index (κ1) is 14.5. The summed E-state index contributed by atoms with van der Waals surface area (Å²) in [4.78, 5) is 11.3. The molecular formula is C12H16BrNO2S. The van der Waals surface area contributed by atoms with Crippen molar-refractivity contribution in [2.75, 3.05) is 18.9 Å². The summed E-state index contributed by atoms with van der Waals surface area (Å²) in [7, 11) is 0. The Hall–Kier alpha value is -0.520. The molecule has 2 N–H and O–H groups in total. The van der Waals surface area contributed by atoms with Crippen molar-refractivity contribution < 1.29 is 9.53 Å². The molecule has 0 fully saturated rings. The van der Waals surface area contributed by atoms with Crippen molar-refractivity contribution in [1.82, 2.24) is 0 Å². The molecule has 17 heavy (non-hydrogen) atoms. The molecule has 0 radical (unpaired) electrons. The summed E-state index contributed by atoms with van der Waals surface area (Å²) in [5, 5.41) is 0.132. The van der Waals surface area contributed by atoms with Crippen LogP contribution < -0.4 is 5.73 Å². The molecule has 1 rings (SSSR count). The van der Waals surface area contributed by atoms with E-state index in [2.05, 4.69) is 15.9 Å². The minimum Gasteiger partial charge on any atom is -0.465 e. The Morgan fingerprint density at radius 1 is 1.47 bits per heavy atom. The molecule has 5 heteroatoms. The van der Waals surface area contributed by atoms with Gasteiger partial charge in [0.25, 0.3) is 0 Å². The number of hydrogen-bond acceptors (Lipinski definition) is 4. The molecule has 1 aromatic rings. The van der Waals surface area contributed by atoms with Crippen LogP contribution in [0.1, 0.15) is 17.7 Å². The van der Waals surface area contributed by atoms with Crippen LogP contribution in [-0.4, -0.2) is 24.9 Å². The fourth-order valence-electron chi connectivity index (χ4n) is 1.35. The Labute approximate surface area is 114 Å². The van der Waals surface area contributed by atoms with Crippen LogP contribution >= 0.6 is 27.7 Å². The predicted octanol–water partition coefficient (Wildman–Crippen LogP) is 2.75. The minimum absolute atomic E-state index is 0.132. The van der Waals surface area contributed by atoms with E-state index in [1.807, 2.05) is 24.3 Å². The maximum absolute atomic E-state index is 11.3. The van der Waals surface area contributed by atoms with Crippen LogP contribution in [0.5, 0.6) is 0 Å². The average Bonchev–Trinajstić information content (AvgIpc) is 2.32. The monoisotopic (exact) mass is 317 g/mol. The number of thioether (sulfide) groups is 1. The predicted molar refractivity (Wildman–Crippen MR) is 75.0 cm³/mol. The number of hydrogen-bond donors (Lipinski definition) is 1. The molecule has 1 unspecified atom stereocenters. The van der Waals surface area contributed by atoms with E-state index in [1.54, 1.807) is 6.92 Å². The Balaban J connectivity index is 2.54. The van der Waals surface area contributed by atoms with Gasteiger partial charge in [-0.1, -0.05) is 28.1 Å². The van der Waals surface area contributed by atoms with Gasteiger partial charge in [-0.05, 0) is 24.6 Å². The summed E-state index contributed by atoms with van der Waals surface area (Å²) >= 11 is 4.90. The molecule has 1 aromatic carbocycles. The molecular weight excluding hydrogens is 302 g/mol. The summed E-state index contributed by atoms with van der Waals surface area (Å²) in [6.45, 7) is 2.73. The molecule has 0 aliphatic rings. The van der Waals surface area contributed by atoms with E-state index in [4.69, 9.17) is 10.5 Å². The number of esters is 1. The van der Waals surface area contributed by atoms with Gasteiger partial charge in [0.05, 0.1) is 12.4 Å². The SMILES string of the molecule is CCOC(=O)CSC(CN)c1ccc(Br)cc1. The van der Waals surface area contributed by atoms with Crippen LogP contribution in [0.25, 0.3) is 0 Å². The first-order valence-electron chi connectivity index (χ1n) is 5.40. The molecule has 0 amide bonds. The highest BCUT2D eigenvalue weighted by Gasteiger charge is 2.12. The number of carbonyl (C=O) groups is 1. The zero-order valence-corrected chi connectivity index (χ0v) is 12.1. The second-order valence-electron chi connectivity index (χ2n) is 3.39. The number of rotatable bonds is 6. The maximum Gasteiger partial charge on any atom is 0.315 e. The van der Waals surface area contributed by atoms with Crippen molar-refractivity contribution in [3.63, 3.8) is 0 Å². The number of benzene rings is 1. The molecule has 3 nitrogen and oxygen atoms in total. The minimum atomic E-state index is -0.187. The summed E-state index contributed by atoms with van der Waals surface area (Å²) in [5.41, 5.74) is 6.85. The van der Waals surface area contributed by atoms with Crippen molar-refractivity contribution in [2.24, 2.45) is 5.73 Å². The smallest absolute Gasteiger partial charge is 0.315 e. The van der Waals surface area contributed by atoms with Crippen LogP contribution in [0.2, 0.25) is 0 Å². The second kappa shape index (κ2) is 7.74. The van der Waals surface area contributed by atoms with Crippen LogP contribution in [-0.2, 0) is 9.53 Å². The molecule has 94 valence electrons. The summed E-state index contributed by atoms with van der Waals surface area (Å²) in [5.74, 6) is 0.152. The third-order valence-electron chi connectivity index (χ3n) is 2.16. The summed E-state index contributed by atoms with van der Waals surface area (Å²) in [6, 6.07) is 7.98. The molecule has 1 atom stereocenters. The zero-order valence-electron chi connectivity index (χ0n) is 9.69. The summed E-state index contributed by atoms with van der Waals surface area (Å²) < 4.78 is 5.92. The first-order valence-corrected chi connectivity index (χ1v) is 7.24. The molecule has 0 bridgehead atoms. The van der Waals surface area contributed by atoms with Crippen molar-refractivity contribution >= 4 is 33.7 Å². The van der Waals surface area contributed by atoms with E-state index < -0.39 is 0 Å². The lowest BCUT2D eigenvalue weighted by Crippen LogP contribution is -2.13. The van der Waals surface area contributed by atoms with E-state index in [0.29, 0.717) is 18.9 Å². The van der Waals surface area contributed by atoms with Crippen molar-refractivity contribution in [2.45, 2.75) is 12.2 Å². The Kier molecular flexibility index (Phi) is 6.62. The number of ether oxygens (including phenoxy) is 1. The Bertz CT molecular complexity index is 356. The number of carbonyl (C=O) groups excluding carboxylic acids is 1. The highest BCUT2D eigenvalue weighted by atomic mass is 79.9. The van der Waals surface area contributed by atoms with Gasteiger partial charge in [-0.2, -0.15) is 0 Å². The molecule has 0 aliphatic carbocycles. The Morgan fingerprint density at radius 3 is 2.65 bits per heavy atom. The molecule has 0 heterocycles. The van der Waals surface area contributed by atoms with Crippen LogP contribution in [0.15, 0.2) is 28.7 Å². The van der Waals surface area contributed by atoms with Gasteiger partial charge in [0.2, 0.25) is 0 Å². The van der Waals surface area contributed by atoms with Gasteiger partial charge < -0.3 is 10.5 Å². The van der Waals surface area contributed by atoms with Gasteiger partial charge in [-0.3, -0.25) is 4.79 Å². The normalized spacial score (nSPS) is 12.2. The molecule has 0 aromatic heterocycles. The fraction of sp³-hybridized carbons (Fsp3) is 0.417. The lowest BCUT2D eigenvalue weighted by Gasteiger charge is -2.14. The topological polar surface area (TPSA) is 52.3 Å².